The number of rotatable bonds is 6. The fraction of sp³-hybridized carbons (Fsp3) is 0.214. The molecule has 172 valence electrons. The molecule has 1 amide bonds. The van der Waals surface area contributed by atoms with E-state index >= 15 is 0 Å². The molecule has 1 atom stereocenters. The zero-order valence-electron chi connectivity index (χ0n) is 19.0. The lowest BCUT2D eigenvalue weighted by Gasteiger charge is -2.25. The number of hydrogen-bond donors (Lipinski definition) is 0. The Labute approximate surface area is 206 Å². The Kier molecular flexibility index (Phi) is 6.00. The van der Waals surface area contributed by atoms with E-state index in [0.717, 1.165) is 34.3 Å². The largest absolute Gasteiger partial charge is 0.494 e. The molecule has 1 aliphatic heterocycles. The lowest BCUT2D eigenvalue weighted by Crippen LogP contribution is -2.29. The summed E-state index contributed by atoms with van der Waals surface area (Å²) in [7, 11) is 0. The molecule has 1 unspecified atom stereocenters. The molecular weight excluding hydrogens is 494 g/mol. The van der Waals surface area contributed by atoms with Crippen LogP contribution < -0.4 is 15.1 Å². The molecular formula is C28H24BrNO4. The molecule has 0 spiro atoms. The fourth-order valence-corrected chi connectivity index (χ4v) is 4.75. The SMILES string of the molecule is CCCOc1ccc(C2c3c(oc4ccc(Br)cc4c3=O)C(=O)N2c2ccc(CC)cc2)cc1. The third-order valence-corrected chi connectivity index (χ3v) is 6.62. The van der Waals surface area contributed by atoms with Crippen LogP contribution in [0.15, 0.2) is 80.4 Å². The highest BCUT2D eigenvalue weighted by molar-refractivity contribution is 9.10. The number of amides is 1. The Hall–Kier alpha value is -3.38. The Morgan fingerprint density at radius 3 is 2.38 bits per heavy atom. The van der Waals surface area contributed by atoms with Crippen molar-refractivity contribution in [3.05, 3.63) is 104 Å². The summed E-state index contributed by atoms with van der Waals surface area (Å²) >= 11 is 3.44. The fourth-order valence-electron chi connectivity index (χ4n) is 4.39. The maximum absolute atomic E-state index is 13.7. The first-order valence-corrected chi connectivity index (χ1v) is 12.2. The molecule has 1 aliphatic rings. The van der Waals surface area contributed by atoms with E-state index in [2.05, 4.69) is 29.8 Å². The highest BCUT2D eigenvalue weighted by Crippen LogP contribution is 2.41. The molecule has 0 N–H and O–H groups in total. The average Bonchev–Trinajstić information content (AvgIpc) is 3.16. The maximum atomic E-state index is 13.7. The minimum absolute atomic E-state index is 0.0932. The minimum Gasteiger partial charge on any atom is -0.494 e. The van der Waals surface area contributed by atoms with E-state index in [-0.39, 0.29) is 17.1 Å². The third kappa shape index (κ3) is 3.82. The van der Waals surface area contributed by atoms with Gasteiger partial charge in [-0.1, -0.05) is 54.0 Å². The number of nitrogens with zero attached hydrogens (tertiary/aromatic N) is 1. The number of carbonyl (C=O) groups is 1. The molecule has 5 nitrogen and oxygen atoms in total. The second kappa shape index (κ2) is 9.11. The monoisotopic (exact) mass is 517 g/mol. The van der Waals surface area contributed by atoms with Crippen molar-refractivity contribution >= 4 is 38.5 Å². The number of aryl methyl sites for hydroxylation is 1. The standard InChI is InChI=1S/C28H24BrNO4/c1-3-15-33-21-12-7-18(8-13-21)25-24-26(31)22-16-19(29)9-14-23(22)34-27(24)28(32)30(25)20-10-5-17(4-2)6-11-20/h5-14,16,25H,3-4,15H2,1-2H3. The molecule has 0 saturated heterocycles. The zero-order chi connectivity index (χ0) is 23.8. The molecule has 34 heavy (non-hydrogen) atoms. The van der Waals surface area contributed by atoms with Crippen molar-refractivity contribution in [3.8, 4) is 5.75 Å². The number of halogens is 1. The van der Waals surface area contributed by atoms with Crippen molar-refractivity contribution < 1.29 is 13.9 Å². The quantitative estimate of drug-likeness (QED) is 0.287. The Balaban J connectivity index is 1.70. The van der Waals surface area contributed by atoms with Crippen LogP contribution in [-0.4, -0.2) is 12.5 Å². The molecule has 0 aliphatic carbocycles. The first-order valence-electron chi connectivity index (χ1n) is 11.4. The lowest BCUT2D eigenvalue weighted by atomic mass is 9.98. The first kappa shape index (κ1) is 22.4. The Morgan fingerprint density at radius 2 is 1.71 bits per heavy atom. The van der Waals surface area contributed by atoms with Crippen molar-refractivity contribution in [2.75, 3.05) is 11.5 Å². The molecule has 0 bridgehead atoms. The molecule has 3 aromatic carbocycles. The molecule has 5 rings (SSSR count). The summed E-state index contributed by atoms with van der Waals surface area (Å²) in [5.41, 5.74) is 3.26. The van der Waals surface area contributed by atoms with E-state index in [1.54, 1.807) is 23.1 Å². The predicted octanol–water partition coefficient (Wildman–Crippen LogP) is 6.66. The number of carbonyl (C=O) groups excluding carboxylic acids is 1. The van der Waals surface area contributed by atoms with Crippen LogP contribution in [0.3, 0.4) is 0 Å². The van der Waals surface area contributed by atoms with Crippen LogP contribution in [0.5, 0.6) is 5.75 Å². The van der Waals surface area contributed by atoms with Gasteiger partial charge in [-0.2, -0.15) is 0 Å². The van der Waals surface area contributed by atoms with Crippen LogP contribution in [0.4, 0.5) is 5.69 Å². The summed E-state index contributed by atoms with van der Waals surface area (Å²) in [5.74, 6) is 0.525. The van der Waals surface area contributed by atoms with Crippen LogP contribution in [0.1, 0.15) is 53.6 Å². The summed E-state index contributed by atoms with van der Waals surface area (Å²) in [6.07, 6.45) is 1.81. The minimum atomic E-state index is -0.602. The van der Waals surface area contributed by atoms with E-state index in [0.29, 0.717) is 23.1 Å². The van der Waals surface area contributed by atoms with E-state index in [1.807, 2.05) is 48.5 Å². The zero-order valence-corrected chi connectivity index (χ0v) is 20.6. The average molecular weight is 518 g/mol. The third-order valence-electron chi connectivity index (χ3n) is 6.12. The van der Waals surface area contributed by atoms with E-state index in [9.17, 15) is 9.59 Å². The van der Waals surface area contributed by atoms with Gasteiger partial charge < -0.3 is 9.15 Å². The maximum Gasteiger partial charge on any atom is 0.295 e. The smallest absolute Gasteiger partial charge is 0.295 e. The van der Waals surface area contributed by atoms with Gasteiger partial charge in [0.1, 0.15) is 11.3 Å². The molecule has 0 fully saturated rings. The van der Waals surface area contributed by atoms with Crippen molar-refractivity contribution in [2.24, 2.45) is 0 Å². The number of ether oxygens (including phenoxy) is 1. The summed E-state index contributed by atoms with van der Waals surface area (Å²) in [5, 5.41) is 0.442. The van der Waals surface area contributed by atoms with Gasteiger partial charge in [-0.15, -0.1) is 0 Å². The van der Waals surface area contributed by atoms with Crippen molar-refractivity contribution in [2.45, 2.75) is 32.7 Å². The predicted molar refractivity (Wildman–Crippen MR) is 137 cm³/mol. The van der Waals surface area contributed by atoms with Gasteiger partial charge in [0.25, 0.3) is 5.91 Å². The van der Waals surface area contributed by atoms with Crippen LogP contribution >= 0.6 is 15.9 Å². The molecule has 4 aromatic rings. The summed E-state index contributed by atoms with van der Waals surface area (Å²) in [6.45, 7) is 4.77. The Bertz CT molecular complexity index is 1420. The van der Waals surface area contributed by atoms with Gasteiger partial charge in [0.15, 0.2) is 5.43 Å². The van der Waals surface area contributed by atoms with Gasteiger partial charge in [0, 0.05) is 10.2 Å². The molecule has 2 heterocycles. The van der Waals surface area contributed by atoms with Gasteiger partial charge >= 0.3 is 0 Å². The van der Waals surface area contributed by atoms with Gasteiger partial charge in [-0.3, -0.25) is 14.5 Å². The highest BCUT2D eigenvalue weighted by atomic mass is 79.9. The second-order valence-electron chi connectivity index (χ2n) is 8.33. The van der Waals surface area contributed by atoms with Crippen molar-refractivity contribution in [3.63, 3.8) is 0 Å². The van der Waals surface area contributed by atoms with Gasteiger partial charge in [-0.25, -0.2) is 0 Å². The van der Waals surface area contributed by atoms with Gasteiger partial charge in [0.05, 0.1) is 23.6 Å². The summed E-state index contributed by atoms with van der Waals surface area (Å²) < 4.78 is 12.5. The van der Waals surface area contributed by atoms with E-state index in [4.69, 9.17) is 9.15 Å². The van der Waals surface area contributed by atoms with Gasteiger partial charge in [0.2, 0.25) is 5.76 Å². The lowest BCUT2D eigenvalue weighted by molar-refractivity contribution is 0.0971. The second-order valence-corrected chi connectivity index (χ2v) is 9.25. The van der Waals surface area contributed by atoms with Crippen molar-refractivity contribution in [1.29, 1.82) is 0 Å². The molecule has 6 heteroatoms. The Morgan fingerprint density at radius 1 is 0.971 bits per heavy atom. The van der Waals surface area contributed by atoms with Crippen LogP contribution in [0, 0.1) is 0 Å². The van der Waals surface area contributed by atoms with Crippen LogP contribution in [0.2, 0.25) is 0 Å². The van der Waals surface area contributed by atoms with E-state index in [1.165, 1.54) is 5.56 Å². The van der Waals surface area contributed by atoms with Gasteiger partial charge in [-0.05, 0) is 66.4 Å². The normalized spacial score (nSPS) is 15.1. The molecule has 1 aromatic heterocycles. The summed E-state index contributed by atoms with van der Waals surface area (Å²) in [4.78, 5) is 29.0. The number of fused-ring (bicyclic) bond motifs is 2. The molecule has 0 saturated carbocycles. The van der Waals surface area contributed by atoms with Crippen LogP contribution in [-0.2, 0) is 6.42 Å². The van der Waals surface area contributed by atoms with Crippen molar-refractivity contribution in [1.82, 2.24) is 0 Å². The highest BCUT2D eigenvalue weighted by Gasteiger charge is 2.43. The topological polar surface area (TPSA) is 59.8 Å². The first-order chi connectivity index (χ1) is 16.5. The number of benzene rings is 3. The van der Waals surface area contributed by atoms with Crippen LogP contribution in [0.25, 0.3) is 11.0 Å². The number of anilines is 1. The molecule has 0 radical (unpaired) electrons. The number of hydrogen-bond acceptors (Lipinski definition) is 4. The van der Waals surface area contributed by atoms with E-state index < -0.39 is 6.04 Å². The summed E-state index contributed by atoms with van der Waals surface area (Å²) in [6, 6.07) is 20.1.